The Bertz CT molecular complexity index is 463. The highest BCUT2D eigenvalue weighted by Crippen LogP contribution is 2.23. The van der Waals surface area contributed by atoms with E-state index in [9.17, 15) is 0 Å². The van der Waals surface area contributed by atoms with Crippen molar-refractivity contribution in [2.24, 2.45) is 16.8 Å². The van der Waals surface area contributed by atoms with Gasteiger partial charge in [-0.15, -0.1) is 0 Å². The number of oxime groups is 1. The molecule has 1 aliphatic heterocycles. The van der Waals surface area contributed by atoms with Gasteiger partial charge in [0.25, 0.3) is 0 Å². The number of rotatable bonds is 4. The van der Waals surface area contributed by atoms with Crippen LogP contribution in [-0.2, 0) is 0 Å². The molecule has 0 bridgehead atoms. The van der Waals surface area contributed by atoms with Crippen LogP contribution in [0, 0.1) is 5.92 Å². The quantitative estimate of drug-likeness (QED) is 0.380. The van der Waals surface area contributed by atoms with Crippen molar-refractivity contribution in [2.75, 3.05) is 18.0 Å². The van der Waals surface area contributed by atoms with Gasteiger partial charge >= 0.3 is 0 Å². The number of anilines is 1. The Morgan fingerprint density at radius 3 is 3.10 bits per heavy atom. The van der Waals surface area contributed by atoms with Crippen LogP contribution in [0.25, 0.3) is 0 Å². The molecular weight excluding hydrogens is 254 g/mol. The van der Waals surface area contributed by atoms with Crippen LogP contribution in [0.5, 0.6) is 0 Å². The summed E-state index contributed by atoms with van der Waals surface area (Å²) in [5, 5.41) is 11.7. The highest BCUT2D eigenvalue weighted by atomic mass is 16.4. The summed E-state index contributed by atoms with van der Waals surface area (Å²) in [5.41, 5.74) is 6.04. The summed E-state index contributed by atoms with van der Waals surface area (Å²) in [6, 6.07) is 1.65. The van der Waals surface area contributed by atoms with E-state index >= 15 is 0 Å². The Balaban J connectivity index is 2.08. The van der Waals surface area contributed by atoms with E-state index in [0.717, 1.165) is 19.0 Å². The van der Waals surface area contributed by atoms with E-state index in [-0.39, 0.29) is 5.84 Å². The SMILES string of the molecule is CCCC1CCCN(c2nccc(/C(N)=N/O)n2)CC1. The number of nitrogens with two attached hydrogens (primary N) is 1. The molecule has 2 rings (SSSR count). The molecule has 1 aromatic rings. The first-order valence-electron chi connectivity index (χ1n) is 7.30. The molecule has 0 radical (unpaired) electrons. The highest BCUT2D eigenvalue weighted by molar-refractivity contribution is 5.95. The van der Waals surface area contributed by atoms with E-state index in [1.165, 1.54) is 32.1 Å². The van der Waals surface area contributed by atoms with Crippen molar-refractivity contribution >= 4 is 11.8 Å². The predicted molar refractivity (Wildman–Crippen MR) is 79.0 cm³/mol. The first-order chi connectivity index (χ1) is 9.74. The second-order valence-corrected chi connectivity index (χ2v) is 5.30. The Kier molecular flexibility index (Phi) is 5.15. The second-order valence-electron chi connectivity index (χ2n) is 5.30. The van der Waals surface area contributed by atoms with Gasteiger partial charge in [0.05, 0.1) is 0 Å². The average Bonchev–Trinajstić information content (AvgIpc) is 2.73. The largest absolute Gasteiger partial charge is 0.409 e. The molecule has 1 unspecified atom stereocenters. The number of hydrogen-bond acceptors (Lipinski definition) is 5. The fraction of sp³-hybridized carbons (Fsp3) is 0.643. The predicted octanol–water partition coefficient (Wildman–Crippen LogP) is 1.98. The van der Waals surface area contributed by atoms with Gasteiger partial charge in [-0.25, -0.2) is 9.97 Å². The molecule has 0 saturated carbocycles. The van der Waals surface area contributed by atoms with E-state index in [2.05, 4.69) is 26.9 Å². The van der Waals surface area contributed by atoms with Gasteiger partial charge in [-0.05, 0) is 31.2 Å². The Morgan fingerprint density at radius 2 is 2.35 bits per heavy atom. The van der Waals surface area contributed by atoms with Crippen LogP contribution in [0.15, 0.2) is 17.4 Å². The topological polar surface area (TPSA) is 87.6 Å². The number of nitrogens with zero attached hydrogens (tertiary/aromatic N) is 4. The van der Waals surface area contributed by atoms with Crippen LogP contribution >= 0.6 is 0 Å². The fourth-order valence-electron chi connectivity index (χ4n) is 2.76. The van der Waals surface area contributed by atoms with E-state index < -0.39 is 0 Å². The summed E-state index contributed by atoms with van der Waals surface area (Å²) in [7, 11) is 0. The van der Waals surface area contributed by atoms with E-state index in [1.54, 1.807) is 12.3 Å². The summed E-state index contributed by atoms with van der Waals surface area (Å²) < 4.78 is 0. The smallest absolute Gasteiger partial charge is 0.225 e. The molecule has 0 aliphatic carbocycles. The Hall–Kier alpha value is -1.85. The third kappa shape index (κ3) is 3.59. The molecule has 1 aliphatic rings. The lowest BCUT2D eigenvalue weighted by Crippen LogP contribution is -2.27. The zero-order valence-corrected chi connectivity index (χ0v) is 12.0. The molecule has 0 amide bonds. The Morgan fingerprint density at radius 1 is 1.50 bits per heavy atom. The maximum atomic E-state index is 8.72. The van der Waals surface area contributed by atoms with Crippen molar-refractivity contribution in [1.29, 1.82) is 0 Å². The van der Waals surface area contributed by atoms with Crippen LogP contribution in [0.3, 0.4) is 0 Å². The minimum absolute atomic E-state index is 0.0207. The third-order valence-electron chi connectivity index (χ3n) is 3.84. The summed E-state index contributed by atoms with van der Waals surface area (Å²) in [6.45, 7) is 4.19. The lowest BCUT2D eigenvalue weighted by molar-refractivity contribution is 0.318. The van der Waals surface area contributed by atoms with Crippen molar-refractivity contribution in [3.8, 4) is 0 Å². The number of aromatic nitrogens is 2. The van der Waals surface area contributed by atoms with Crippen LogP contribution in [-0.4, -0.2) is 34.1 Å². The normalized spacial score (nSPS) is 20.8. The molecule has 2 heterocycles. The maximum Gasteiger partial charge on any atom is 0.225 e. The maximum absolute atomic E-state index is 8.72. The zero-order valence-electron chi connectivity index (χ0n) is 12.0. The molecule has 0 aromatic carbocycles. The summed E-state index contributed by atoms with van der Waals surface area (Å²) in [4.78, 5) is 10.9. The van der Waals surface area contributed by atoms with E-state index in [1.807, 2.05) is 0 Å². The molecule has 1 saturated heterocycles. The van der Waals surface area contributed by atoms with Gasteiger partial charge in [0, 0.05) is 19.3 Å². The molecular formula is C14H23N5O. The number of amidine groups is 1. The zero-order chi connectivity index (χ0) is 14.4. The Labute approximate surface area is 119 Å². The van der Waals surface area contributed by atoms with Crippen molar-refractivity contribution in [1.82, 2.24) is 9.97 Å². The number of hydrogen-bond donors (Lipinski definition) is 2. The monoisotopic (exact) mass is 277 g/mol. The first-order valence-corrected chi connectivity index (χ1v) is 7.30. The summed E-state index contributed by atoms with van der Waals surface area (Å²) in [6.07, 6.45) is 7.85. The van der Waals surface area contributed by atoms with E-state index in [4.69, 9.17) is 10.9 Å². The molecule has 1 aromatic heterocycles. The van der Waals surface area contributed by atoms with Gasteiger partial charge in [0.15, 0.2) is 5.84 Å². The standard InChI is InChI=1S/C14H23N5O/c1-2-4-11-5-3-9-19(10-7-11)14-16-8-6-12(17-14)13(15)18-20/h6,8,11,20H,2-5,7,9-10H2,1H3,(H2,15,18). The summed E-state index contributed by atoms with van der Waals surface area (Å²) in [5.74, 6) is 1.51. The van der Waals surface area contributed by atoms with Crippen LogP contribution < -0.4 is 10.6 Å². The van der Waals surface area contributed by atoms with Gasteiger partial charge in [-0.1, -0.05) is 24.9 Å². The van der Waals surface area contributed by atoms with Crippen molar-refractivity contribution in [3.63, 3.8) is 0 Å². The van der Waals surface area contributed by atoms with Crippen molar-refractivity contribution in [3.05, 3.63) is 18.0 Å². The average molecular weight is 277 g/mol. The molecule has 110 valence electrons. The van der Waals surface area contributed by atoms with Gasteiger partial charge < -0.3 is 15.8 Å². The fourth-order valence-corrected chi connectivity index (χ4v) is 2.76. The highest BCUT2D eigenvalue weighted by Gasteiger charge is 2.18. The second kappa shape index (κ2) is 7.07. The summed E-state index contributed by atoms with van der Waals surface area (Å²) >= 11 is 0. The minimum atomic E-state index is 0.0207. The van der Waals surface area contributed by atoms with Crippen LogP contribution in [0.4, 0.5) is 5.95 Å². The van der Waals surface area contributed by atoms with Gasteiger partial charge in [-0.2, -0.15) is 0 Å². The van der Waals surface area contributed by atoms with E-state index in [0.29, 0.717) is 11.6 Å². The van der Waals surface area contributed by atoms with Gasteiger partial charge in [0.1, 0.15) is 5.69 Å². The van der Waals surface area contributed by atoms with Crippen LogP contribution in [0.1, 0.15) is 44.7 Å². The molecule has 0 spiro atoms. The first kappa shape index (κ1) is 14.6. The third-order valence-corrected chi connectivity index (χ3v) is 3.84. The lowest BCUT2D eigenvalue weighted by atomic mass is 9.96. The molecule has 20 heavy (non-hydrogen) atoms. The van der Waals surface area contributed by atoms with Crippen molar-refractivity contribution < 1.29 is 5.21 Å². The van der Waals surface area contributed by atoms with Gasteiger partial charge in [0.2, 0.25) is 5.95 Å². The lowest BCUT2D eigenvalue weighted by Gasteiger charge is -2.20. The molecule has 6 heteroatoms. The van der Waals surface area contributed by atoms with Crippen molar-refractivity contribution in [2.45, 2.75) is 39.0 Å². The molecule has 6 nitrogen and oxygen atoms in total. The molecule has 1 atom stereocenters. The van der Waals surface area contributed by atoms with Gasteiger partial charge in [-0.3, -0.25) is 0 Å². The minimum Gasteiger partial charge on any atom is -0.409 e. The molecule has 1 fully saturated rings. The molecule has 3 N–H and O–H groups in total. The van der Waals surface area contributed by atoms with Crippen LogP contribution in [0.2, 0.25) is 0 Å².